The summed E-state index contributed by atoms with van der Waals surface area (Å²) in [5, 5.41) is 0. The molecule has 0 aromatic heterocycles. The normalized spacial score (nSPS) is 20.1. The van der Waals surface area contributed by atoms with Crippen molar-refractivity contribution in [2.75, 3.05) is 31.9 Å². The number of hydrogen-bond donors (Lipinski definition) is 1. The molecule has 20 heavy (non-hydrogen) atoms. The Kier molecular flexibility index (Phi) is 5.01. The van der Waals surface area contributed by atoms with Gasteiger partial charge in [0.05, 0.1) is 0 Å². The van der Waals surface area contributed by atoms with Gasteiger partial charge in [0, 0.05) is 37.8 Å². The fraction of sp³-hybridized carbons (Fsp3) is 0.562. The zero-order valence-electron chi connectivity index (χ0n) is 12.5. The minimum Gasteiger partial charge on any atom is -0.399 e. The van der Waals surface area contributed by atoms with Gasteiger partial charge in [-0.1, -0.05) is 19.1 Å². The summed E-state index contributed by atoms with van der Waals surface area (Å²) in [4.78, 5) is 16.7. The highest BCUT2D eigenvalue weighted by Crippen LogP contribution is 2.12. The number of amides is 1. The molecule has 1 atom stereocenters. The van der Waals surface area contributed by atoms with Gasteiger partial charge in [0.25, 0.3) is 0 Å². The first-order valence-corrected chi connectivity index (χ1v) is 7.46. The molecule has 4 heteroatoms. The Labute approximate surface area is 121 Å². The fourth-order valence-corrected chi connectivity index (χ4v) is 2.79. The van der Waals surface area contributed by atoms with Crippen LogP contribution in [0.4, 0.5) is 5.69 Å². The highest BCUT2D eigenvalue weighted by atomic mass is 16.2. The minimum absolute atomic E-state index is 0.268. The molecule has 1 aromatic carbocycles. The highest BCUT2D eigenvalue weighted by Gasteiger charge is 2.25. The lowest BCUT2D eigenvalue weighted by molar-refractivity contribution is -0.134. The van der Waals surface area contributed by atoms with E-state index in [1.807, 2.05) is 29.2 Å². The van der Waals surface area contributed by atoms with E-state index in [9.17, 15) is 4.79 Å². The molecule has 1 aliphatic heterocycles. The maximum absolute atomic E-state index is 12.3. The second kappa shape index (κ2) is 6.75. The number of hydrogen-bond acceptors (Lipinski definition) is 3. The average molecular weight is 275 g/mol. The summed E-state index contributed by atoms with van der Waals surface area (Å²) in [5.41, 5.74) is 7.60. The van der Waals surface area contributed by atoms with Gasteiger partial charge in [-0.3, -0.25) is 9.69 Å². The van der Waals surface area contributed by atoms with Crippen molar-refractivity contribution in [2.24, 2.45) is 0 Å². The Balaban J connectivity index is 1.82. The Bertz CT molecular complexity index is 444. The van der Waals surface area contributed by atoms with Gasteiger partial charge < -0.3 is 10.6 Å². The van der Waals surface area contributed by atoms with Gasteiger partial charge in [0.2, 0.25) is 5.91 Å². The van der Waals surface area contributed by atoms with E-state index >= 15 is 0 Å². The van der Waals surface area contributed by atoms with Gasteiger partial charge >= 0.3 is 0 Å². The summed E-state index contributed by atoms with van der Waals surface area (Å²) in [6, 6.07) is 8.25. The van der Waals surface area contributed by atoms with E-state index in [0.717, 1.165) is 38.3 Å². The quantitative estimate of drug-likeness (QED) is 0.852. The van der Waals surface area contributed by atoms with Crippen LogP contribution in [-0.4, -0.2) is 47.9 Å². The molecule has 1 heterocycles. The minimum atomic E-state index is 0.268. The zero-order chi connectivity index (χ0) is 14.5. The second-order valence-electron chi connectivity index (χ2n) is 5.56. The third kappa shape index (κ3) is 3.73. The van der Waals surface area contributed by atoms with Gasteiger partial charge in [0.15, 0.2) is 0 Å². The van der Waals surface area contributed by atoms with Crippen LogP contribution in [0.1, 0.15) is 25.8 Å². The molecule has 4 nitrogen and oxygen atoms in total. The van der Waals surface area contributed by atoms with Crippen molar-refractivity contribution in [3.05, 3.63) is 29.8 Å². The molecule has 0 bridgehead atoms. The lowest BCUT2D eigenvalue weighted by Gasteiger charge is -2.39. The first-order chi connectivity index (χ1) is 9.60. The average Bonchev–Trinajstić information content (AvgIpc) is 2.46. The van der Waals surface area contributed by atoms with Crippen LogP contribution in [-0.2, 0) is 11.2 Å². The predicted molar refractivity (Wildman–Crippen MR) is 82.5 cm³/mol. The first-order valence-electron chi connectivity index (χ1n) is 7.46. The Hall–Kier alpha value is -1.55. The van der Waals surface area contributed by atoms with E-state index in [4.69, 9.17) is 5.73 Å². The molecule has 2 rings (SSSR count). The molecule has 0 radical (unpaired) electrons. The number of nitrogens with zero attached hydrogens (tertiary/aromatic N) is 2. The van der Waals surface area contributed by atoms with Crippen LogP contribution in [0.15, 0.2) is 24.3 Å². The number of benzene rings is 1. The van der Waals surface area contributed by atoms with Gasteiger partial charge in [0.1, 0.15) is 0 Å². The molecule has 1 aromatic rings. The SMILES string of the molecule is CCN1CCN(C(=O)CCc2ccc(N)cc2)CC1C. The van der Waals surface area contributed by atoms with Gasteiger partial charge in [-0.15, -0.1) is 0 Å². The number of aryl methyl sites for hydroxylation is 1. The maximum Gasteiger partial charge on any atom is 0.222 e. The summed E-state index contributed by atoms with van der Waals surface area (Å²) in [6.07, 6.45) is 1.38. The van der Waals surface area contributed by atoms with Crippen LogP contribution in [0.2, 0.25) is 0 Å². The van der Waals surface area contributed by atoms with Crippen LogP contribution < -0.4 is 5.73 Å². The van der Waals surface area contributed by atoms with Gasteiger partial charge in [-0.2, -0.15) is 0 Å². The summed E-state index contributed by atoms with van der Waals surface area (Å²) in [7, 11) is 0. The molecule has 0 aliphatic carbocycles. The largest absolute Gasteiger partial charge is 0.399 e. The summed E-state index contributed by atoms with van der Waals surface area (Å²) >= 11 is 0. The van der Waals surface area contributed by atoms with E-state index in [1.54, 1.807) is 0 Å². The number of rotatable bonds is 4. The fourth-order valence-electron chi connectivity index (χ4n) is 2.79. The number of anilines is 1. The third-order valence-electron chi connectivity index (χ3n) is 4.13. The van der Waals surface area contributed by atoms with Crippen LogP contribution in [0.3, 0.4) is 0 Å². The topological polar surface area (TPSA) is 49.6 Å². The van der Waals surface area contributed by atoms with Crippen LogP contribution in [0.5, 0.6) is 0 Å². The van der Waals surface area contributed by atoms with E-state index in [1.165, 1.54) is 5.56 Å². The molecule has 110 valence electrons. The molecule has 0 spiro atoms. The second-order valence-corrected chi connectivity index (χ2v) is 5.56. The molecule has 1 aliphatic rings. The number of carbonyl (C=O) groups excluding carboxylic acids is 1. The van der Waals surface area contributed by atoms with Gasteiger partial charge in [-0.25, -0.2) is 0 Å². The number of nitrogens with two attached hydrogens (primary N) is 1. The molecule has 1 saturated heterocycles. The van der Waals surface area contributed by atoms with Gasteiger partial charge in [-0.05, 0) is 37.6 Å². The molecule has 1 amide bonds. The first kappa shape index (κ1) is 14.9. The zero-order valence-corrected chi connectivity index (χ0v) is 12.5. The molecule has 1 unspecified atom stereocenters. The highest BCUT2D eigenvalue weighted by molar-refractivity contribution is 5.76. The van der Waals surface area contributed by atoms with Crippen molar-refractivity contribution in [3.8, 4) is 0 Å². The van der Waals surface area contributed by atoms with Crippen molar-refractivity contribution in [2.45, 2.75) is 32.7 Å². The lowest BCUT2D eigenvalue weighted by Crippen LogP contribution is -2.53. The van der Waals surface area contributed by atoms with Crippen LogP contribution in [0.25, 0.3) is 0 Å². The number of carbonyl (C=O) groups is 1. The standard InChI is InChI=1S/C16H25N3O/c1-3-18-10-11-19(12-13(18)2)16(20)9-6-14-4-7-15(17)8-5-14/h4-5,7-8,13H,3,6,9-12,17H2,1-2H3. The Morgan fingerprint density at radius 3 is 2.60 bits per heavy atom. The molecule has 1 fully saturated rings. The lowest BCUT2D eigenvalue weighted by atomic mass is 10.1. The van der Waals surface area contributed by atoms with Crippen molar-refractivity contribution in [1.82, 2.24) is 9.80 Å². The summed E-state index contributed by atoms with van der Waals surface area (Å²) in [6.45, 7) is 8.14. The Morgan fingerprint density at radius 1 is 1.30 bits per heavy atom. The van der Waals surface area contributed by atoms with E-state index in [-0.39, 0.29) is 5.91 Å². The summed E-state index contributed by atoms with van der Waals surface area (Å²) in [5.74, 6) is 0.268. The van der Waals surface area contributed by atoms with Crippen molar-refractivity contribution in [3.63, 3.8) is 0 Å². The van der Waals surface area contributed by atoms with Crippen molar-refractivity contribution >= 4 is 11.6 Å². The maximum atomic E-state index is 12.3. The summed E-state index contributed by atoms with van der Waals surface area (Å²) < 4.78 is 0. The molecule has 0 saturated carbocycles. The number of piperazine rings is 1. The van der Waals surface area contributed by atoms with E-state index in [0.29, 0.717) is 12.5 Å². The van der Waals surface area contributed by atoms with Crippen LogP contribution in [0, 0.1) is 0 Å². The molecular weight excluding hydrogens is 250 g/mol. The van der Waals surface area contributed by atoms with Crippen LogP contribution >= 0.6 is 0 Å². The van der Waals surface area contributed by atoms with E-state index < -0.39 is 0 Å². The van der Waals surface area contributed by atoms with Crippen molar-refractivity contribution in [1.29, 1.82) is 0 Å². The van der Waals surface area contributed by atoms with E-state index in [2.05, 4.69) is 18.7 Å². The molecule has 2 N–H and O–H groups in total. The smallest absolute Gasteiger partial charge is 0.222 e. The molecular formula is C16H25N3O. The number of likely N-dealkylation sites (N-methyl/N-ethyl adjacent to an activating group) is 1. The monoisotopic (exact) mass is 275 g/mol. The number of nitrogen functional groups attached to an aromatic ring is 1. The third-order valence-corrected chi connectivity index (χ3v) is 4.13. The Morgan fingerprint density at radius 2 is 2.00 bits per heavy atom. The predicted octanol–water partition coefficient (Wildman–Crippen LogP) is 1.75. The van der Waals surface area contributed by atoms with Crippen molar-refractivity contribution < 1.29 is 4.79 Å².